The average Bonchev–Trinajstić information content (AvgIpc) is 3.18. The van der Waals surface area contributed by atoms with Crippen molar-refractivity contribution in [3.05, 3.63) is 47.7 Å². The maximum atomic E-state index is 11.1. The van der Waals surface area contributed by atoms with Gasteiger partial charge in [-0.3, -0.25) is 4.79 Å². The van der Waals surface area contributed by atoms with E-state index in [1.165, 1.54) is 0 Å². The fourth-order valence-corrected chi connectivity index (χ4v) is 4.06. The first-order valence-corrected chi connectivity index (χ1v) is 12.3. The van der Waals surface area contributed by atoms with Crippen LogP contribution in [0.15, 0.2) is 36.5 Å². The lowest BCUT2D eigenvalue weighted by atomic mass is 10.2. The molecule has 0 saturated heterocycles. The lowest BCUT2D eigenvalue weighted by molar-refractivity contribution is -0.117. The Labute approximate surface area is 216 Å². The van der Waals surface area contributed by atoms with Crippen LogP contribution in [-0.2, 0) is 17.9 Å². The molecule has 11 nitrogen and oxygen atoms in total. The minimum Gasteiger partial charge on any atom is -0.481 e. The van der Waals surface area contributed by atoms with Gasteiger partial charge in [-0.25, -0.2) is 9.97 Å². The molecule has 0 unspecified atom stereocenters. The number of benzene rings is 1. The molecule has 198 valence electrons. The molecule has 3 heterocycles. The van der Waals surface area contributed by atoms with Crippen LogP contribution in [0.1, 0.15) is 37.8 Å². The van der Waals surface area contributed by atoms with Crippen molar-refractivity contribution in [3.63, 3.8) is 0 Å². The summed E-state index contributed by atoms with van der Waals surface area (Å²) in [6.45, 7) is 5.91. The number of aliphatic hydroxyl groups excluding tert-OH is 1. The second-order valence-electron chi connectivity index (χ2n) is 8.41. The summed E-state index contributed by atoms with van der Waals surface area (Å²) in [5.74, 6) is 1.06. The zero-order valence-corrected chi connectivity index (χ0v) is 21.6. The number of nitrogen functional groups attached to an aromatic ring is 1. The number of amides is 1. The smallest absolute Gasteiger partial charge is 0.231 e. The predicted octanol–water partition coefficient (Wildman–Crippen LogP) is 2.40. The molecule has 0 fully saturated rings. The molecule has 37 heavy (non-hydrogen) atoms. The van der Waals surface area contributed by atoms with E-state index in [2.05, 4.69) is 43.1 Å². The predicted molar refractivity (Wildman–Crippen MR) is 146 cm³/mol. The number of methoxy groups -OCH3 is 1. The van der Waals surface area contributed by atoms with E-state index in [1.807, 2.05) is 24.3 Å². The minimum absolute atomic E-state index is 0.0970. The van der Waals surface area contributed by atoms with Gasteiger partial charge in [0.1, 0.15) is 11.0 Å². The molecule has 0 aliphatic rings. The summed E-state index contributed by atoms with van der Waals surface area (Å²) < 4.78 is 7.72. The Morgan fingerprint density at radius 1 is 1.22 bits per heavy atom. The van der Waals surface area contributed by atoms with E-state index in [0.29, 0.717) is 24.8 Å². The Balaban J connectivity index is 0.00000121. The third-order valence-corrected chi connectivity index (χ3v) is 5.58. The number of primary amides is 1. The topological polar surface area (TPSA) is 166 Å². The number of ether oxygens (including phenoxy) is 1. The molecule has 1 aromatic carbocycles. The van der Waals surface area contributed by atoms with Gasteiger partial charge in [-0.15, -0.1) is 0 Å². The molecule has 7 N–H and O–H groups in total. The molecule has 0 aliphatic heterocycles. The number of carbonyl (C=O) groups excluding carboxylic acids is 1. The molecular formula is C26H36N8O3. The van der Waals surface area contributed by atoms with Crippen molar-refractivity contribution in [1.29, 1.82) is 0 Å². The van der Waals surface area contributed by atoms with Gasteiger partial charge < -0.3 is 36.5 Å². The third kappa shape index (κ3) is 6.83. The van der Waals surface area contributed by atoms with E-state index in [4.69, 9.17) is 21.3 Å². The Morgan fingerprint density at radius 2 is 1.97 bits per heavy atom. The summed E-state index contributed by atoms with van der Waals surface area (Å²) in [7, 11) is 1.60. The Morgan fingerprint density at radius 3 is 2.68 bits per heavy atom. The highest BCUT2D eigenvalue weighted by Gasteiger charge is 2.19. The Kier molecular flexibility index (Phi) is 9.99. The number of fused-ring (bicyclic) bond motifs is 3. The highest BCUT2D eigenvalue weighted by molar-refractivity contribution is 6.09. The molecule has 1 amide bonds. The molecule has 4 rings (SSSR count). The van der Waals surface area contributed by atoms with Crippen molar-refractivity contribution >= 4 is 39.6 Å². The lowest BCUT2D eigenvalue weighted by Gasteiger charge is -2.14. The number of hydrogen-bond donors (Lipinski definition) is 5. The van der Waals surface area contributed by atoms with Gasteiger partial charge in [0.25, 0.3) is 0 Å². The number of carbonyl (C=O) groups is 1. The summed E-state index contributed by atoms with van der Waals surface area (Å²) in [5, 5.41) is 15.0. The van der Waals surface area contributed by atoms with Crippen molar-refractivity contribution < 1.29 is 14.6 Å². The van der Waals surface area contributed by atoms with Gasteiger partial charge in [0.15, 0.2) is 5.82 Å². The first-order valence-electron chi connectivity index (χ1n) is 12.3. The largest absolute Gasteiger partial charge is 0.481 e. The van der Waals surface area contributed by atoms with E-state index in [9.17, 15) is 4.79 Å². The van der Waals surface area contributed by atoms with Crippen LogP contribution < -0.4 is 26.8 Å². The third-order valence-electron chi connectivity index (χ3n) is 5.58. The first kappa shape index (κ1) is 27.6. The molecule has 11 heteroatoms. The van der Waals surface area contributed by atoms with Crippen LogP contribution >= 0.6 is 0 Å². The molecule has 0 atom stereocenters. The maximum absolute atomic E-state index is 11.1. The van der Waals surface area contributed by atoms with Gasteiger partial charge in [-0.05, 0) is 31.0 Å². The number of aliphatic hydroxyl groups is 1. The average molecular weight is 509 g/mol. The van der Waals surface area contributed by atoms with Gasteiger partial charge in [0.05, 0.1) is 25.7 Å². The van der Waals surface area contributed by atoms with E-state index < -0.39 is 5.91 Å². The number of hydrogen-bond acceptors (Lipinski definition) is 9. The van der Waals surface area contributed by atoms with Crippen molar-refractivity contribution in [2.75, 3.05) is 37.9 Å². The summed E-state index contributed by atoms with van der Waals surface area (Å²) in [4.78, 5) is 24.6. The molecule has 0 radical (unpaired) electrons. The number of nitrogens with one attached hydrogen (secondary N) is 2. The fraction of sp³-hybridized carbons (Fsp3) is 0.385. The SMILES string of the molecule is CCCCNc1nc(N)nc2c3ccccc3n(Cc3cc(CNCC(N)=O)cnc3OC)c12.CCO. The maximum Gasteiger partial charge on any atom is 0.231 e. The van der Waals surface area contributed by atoms with Crippen LogP contribution in [0.25, 0.3) is 21.9 Å². The normalized spacial score (nSPS) is 10.8. The van der Waals surface area contributed by atoms with Gasteiger partial charge in [0.2, 0.25) is 17.7 Å². The molecule has 4 aromatic rings. The van der Waals surface area contributed by atoms with Gasteiger partial charge in [0, 0.05) is 36.8 Å². The molecule has 0 aliphatic carbocycles. The molecule has 0 bridgehead atoms. The van der Waals surface area contributed by atoms with Crippen LogP contribution in [0.2, 0.25) is 0 Å². The number of rotatable bonds is 11. The van der Waals surface area contributed by atoms with Crippen LogP contribution in [0.3, 0.4) is 0 Å². The molecule has 0 saturated carbocycles. The van der Waals surface area contributed by atoms with Crippen molar-refractivity contribution in [2.45, 2.75) is 39.8 Å². The lowest BCUT2D eigenvalue weighted by Crippen LogP contribution is -2.28. The van der Waals surface area contributed by atoms with Crippen molar-refractivity contribution in [1.82, 2.24) is 24.8 Å². The number of nitrogens with zero attached hydrogens (tertiary/aromatic N) is 4. The summed E-state index contributed by atoms with van der Waals surface area (Å²) >= 11 is 0. The second kappa shape index (κ2) is 13.4. The molecular weight excluding hydrogens is 472 g/mol. The number of nitrogens with two attached hydrogens (primary N) is 2. The highest BCUT2D eigenvalue weighted by atomic mass is 16.5. The number of unbranched alkanes of at least 4 members (excludes halogenated alkanes) is 1. The van der Waals surface area contributed by atoms with Crippen LogP contribution in [-0.4, -0.2) is 57.3 Å². The second-order valence-corrected chi connectivity index (χ2v) is 8.41. The van der Waals surface area contributed by atoms with Crippen molar-refractivity contribution in [3.8, 4) is 5.88 Å². The Hall–Kier alpha value is -3.96. The molecule has 3 aromatic heterocycles. The highest BCUT2D eigenvalue weighted by Crippen LogP contribution is 2.33. The zero-order chi connectivity index (χ0) is 26.8. The van der Waals surface area contributed by atoms with Gasteiger partial charge >= 0.3 is 0 Å². The Bertz CT molecular complexity index is 1340. The van der Waals surface area contributed by atoms with Crippen molar-refractivity contribution in [2.24, 2.45) is 5.73 Å². The minimum atomic E-state index is -0.408. The van der Waals surface area contributed by atoms with Crippen LogP contribution in [0, 0.1) is 0 Å². The van der Waals surface area contributed by atoms with Gasteiger partial charge in [-0.2, -0.15) is 4.98 Å². The number of anilines is 2. The summed E-state index contributed by atoms with van der Waals surface area (Å²) in [6.07, 6.45) is 3.81. The first-order chi connectivity index (χ1) is 17.9. The number of aromatic nitrogens is 4. The van der Waals surface area contributed by atoms with Gasteiger partial charge in [-0.1, -0.05) is 31.5 Å². The van der Waals surface area contributed by atoms with E-state index >= 15 is 0 Å². The number of para-hydroxylation sites is 1. The standard InChI is InChI=1S/C24H30N8O2.C2H6O/c1-3-4-9-28-22-21-20(30-24(26)31-22)17-7-5-6-8-18(17)32(21)14-16-10-15(11-27-13-19(25)33)12-29-23(16)34-2;1-2-3/h5-8,10,12,27H,3-4,9,11,13-14H2,1-2H3,(H2,25,33)(H3,26,28,30,31);3H,2H2,1H3. The number of pyridine rings is 1. The van der Waals surface area contributed by atoms with Crippen LogP contribution in [0.4, 0.5) is 11.8 Å². The molecule has 0 spiro atoms. The van der Waals surface area contributed by atoms with E-state index in [-0.39, 0.29) is 19.1 Å². The van der Waals surface area contributed by atoms with E-state index in [1.54, 1.807) is 20.2 Å². The summed E-state index contributed by atoms with van der Waals surface area (Å²) in [6, 6.07) is 10.1. The van der Waals surface area contributed by atoms with Crippen LogP contribution in [0.5, 0.6) is 5.88 Å². The summed E-state index contributed by atoms with van der Waals surface area (Å²) in [5.41, 5.74) is 15.8. The monoisotopic (exact) mass is 508 g/mol. The quantitative estimate of drug-likeness (QED) is 0.191. The van der Waals surface area contributed by atoms with E-state index in [0.717, 1.165) is 52.4 Å². The fourth-order valence-electron chi connectivity index (χ4n) is 4.06. The zero-order valence-electron chi connectivity index (χ0n) is 21.6.